The van der Waals surface area contributed by atoms with Gasteiger partial charge in [0.2, 0.25) is 0 Å². The minimum Gasteiger partial charge on any atom is -0.325 e. The highest BCUT2D eigenvalue weighted by molar-refractivity contribution is 9.11. The van der Waals surface area contributed by atoms with Gasteiger partial charge in [0, 0.05) is 11.0 Å². The SMILES string of the molecule is NC12CC(c3ncc(Br)s3)(C1)C2. The Hall–Kier alpha value is 0.0700. The Kier molecular flexibility index (Phi) is 1.21. The van der Waals surface area contributed by atoms with E-state index in [1.807, 2.05) is 6.20 Å². The highest BCUT2D eigenvalue weighted by Crippen LogP contribution is 2.66. The fourth-order valence-electron chi connectivity index (χ4n) is 2.59. The van der Waals surface area contributed by atoms with Gasteiger partial charge in [0.15, 0.2) is 0 Å². The monoisotopic (exact) mass is 244 g/mol. The normalized spacial score (nSPS) is 43.5. The summed E-state index contributed by atoms with van der Waals surface area (Å²) in [5.41, 5.74) is 6.57. The lowest BCUT2D eigenvalue weighted by Crippen LogP contribution is -2.74. The molecule has 0 atom stereocenters. The van der Waals surface area contributed by atoms with Crippen molar-refractivity contribution in [3.63, 3.8) is 0 Å². The first kappa shape index (κ1) is 7.47. The molecule has 2 nitrogen and oxygen atoms in total. The number of nitrogens with two attached hydrogens (primary N) is 1. The number of hydrogen-bond donors (Lipinski definition) is 1. The number of halogens is 1. The molecule has 1 aromatic rings. The van der Waals surface area contributed by atoms with Gasteiger partial charge in [-0.25, -0.2) is 4.98 Å². The Labute approximate surface area is 83.3 Å². The van der Waals surface area contributed by atoms with Gasteiger partial charge >= 0.3 is 0 Å². The zero-order valence-electron chi connectivity index (χ0n) is 6.51. The Morgan fingerprint density at radius 1 is 1.50 bits per heavy atom. The van der Waals surface area contributed by atoms with E-state index in [0.29, 0.717) is 5.41 Å². The second kappa shape index (κ2) is 1.94. The summed E-state index contributed by atoms with van der Waals surface area (Å²) in [7, 11) is 0. The van der Waals surface area contributed by atoms with Crippen LogP contribution in [0.2, 0.25) is 0 Å². The lowest BCUT2D eigenvalue weighted by Gasteiger charge is -2.68. The van der Waals surface area contributed by atoms with Crippen molar-refractivity contribution in [2.24, 2.45) is 5.73 Å². The Bertz CT molecular complexity index is 327. The van der Waals surface area contributed by atoms with Crippen LogP contribution in [0.25, 0.3) is 0 Å². The number of nitrogens with zero attached hydrogens (tertiary/aromatic N) is 1. The van der Waals surface area contributed by atoms with Crippen molar-refractivity contribution in [1.29, 1.82) is 0 Å². The number of hydrogen-bond acceptors (Lipinski definition) is 3. The predicted molar refractivity (Wildman–Crippen MR) is 52.3 cm³/mol. The quantitative estimate of drug-likeness (QED) is 0.822. The molecule has 3 aliphatic carbocycles. The maximum absolute atomic E-state index is 5.98. The van der Waals surface area contributed by atoms with E-state index in [0.717, 1.165) is 23.0 Å². The van der Waals surface area contributed by atoms with Gasteiger partial charge in [-0.05, 0) is 35.2 Å². The molecular formula is C8H9BrN2S. The van der Waals surface area contributed by atoms with Gasteiger partial charge in [0.1, 0.15) is 0 Å². The molecule has 1 heterocycles. The number of rotatable bonds is 1. The van der Waals surface area contributed by atoms with Crippen LogP contribution in [0.4, 0.5) is 0 Å². The van der Waals surface area contributed by atoms with Crippen molar-refractivity contribution in [2.45, 2.75) is 30.2 Å². The second-order valence-corrected chi connectivity index (χ2v) is 6.55. The average Bonchev–Trinajstić information content (AvgIpc) is 2.26. The molecular weight excluding hydrogens is 236 g/mol. The lowest BCUT2D eigenvalue weighted by molar-refractivity contribution is -0.0590. The van der Waals surface area contributed by atoms with Crippen molar-refractivity contribution < 1.29 is 0 Å². The van der Waals surface area contributed by atoms with Gasteiger partial charge in [-0.15, -0.1) is 11.3 Å². The molecule has 12 heavy (non-hydrogen) atoms. The minimum atomic E-state index is 0.193. The molecule has 2 bridgehead atoms. The van der Waals surface area contributed by atoms with Crippen molar-refractivity contribution in [3.05, 3.63) is 15.0 Å². The molecule has 3 aliphatic rings. The van der Waals surface area contributed by atoms with Crippen molar-refractivity contribution in [1.82, 2.24) is 4.98 Å². The molecule has 64 valence electrons. The fraction of sp³-hybridized carbons (Fsp3) is 0.625. The molecule has 3 fully saturated rings. The zero-order valence-corrected chi connectivity index (χ0v) is 8.91. The van der Waals surface area contributed by atoms with Crippen molar-refractivity contribution in [2.75, 3.05) is 0 Å². The molecule has 4 heteroatoms. The summed E-state index contributed by atoms with van der Waals surface area (Å²) in [4.78, 5) is 4.39. The molecule has 0 aromatic carbocycles. The average molecular weight is 245 g/mol. The van der Waals surface area contributed by atoms with Crippen LogP contribution in [-0.4, -0.2) is 10.5 Å². The molecule has 3 saturated carbocycles. The summed E-state index contributed by atoms with van der Waals surface area (Å²) in [5, 5.41) is 1.28. The molecule has 0 spiro atoms. The lowest BCUT2D eigenvalue weighted by atomic mass is 9.40. The Balaban J connectivity index is 1.93. The molecule has 4 rings (SSSR count). The van der Waals surface area contributed by atoms with Gasteiger partial charge in [0.25, 0.3) is 0 Å². The van der Waals surface area contributed by atoms with E-state index < -0.39 is 0 Å². The van der Waals surface area contributed by atoms with Crippen LogP contribution in [0.5, 0.6) is 0 Å². The Morgan fingerprint density at radius 2 is 2.17 bits per heavy atom. The van der Waals surface area contributed by atoms with Crippen LogP contribution in [0.1, 0.15) is 24.3 Å². The molecule has 0 saturated heterocycles. The summed E-state index contributed by atoms with van der Waals surface area (Å²) in [6.07, 6.45) is 5.35. The van der Waals surface area contributed by atoms with Crippen LogP contribution < -0.4 is 5.73 Å². The van der Waals surface area contributed by atoms with Gasteiger partial charge in [0.05, 0.1) is 15.0 Å². The van der Waals surface area contributed by atoms with E-state index >= 15 is 0 Å². The Morgan fingerprint density at radius 3 is 2.58 bits per heavy atom. The zero-order chi connectivity index (χ0) is 8.40. The van der Waals surface area contributed by atoms with Crippen LogP contribution in [-0.2, 0) is 5.41 Å². The van der Waals surface area contributed by atoms with Crippen molar-refractivity contribution >= 4 is 27.3 Å². The molecule has 1 aromatic heterocycles. The molecule has 2 N–H and O–H groups in total. The standard InChI is InChI=1S/C8H9BrN2S/c9-5-1-11-6(12-5)7-2-8(10,3-7)4-7/h1H,2-4,10H2. The van der Waals surface area contributed by atoms with E-state index in [-0.39, 0.29) is 5.54 Å². The van der Waals surface area contributed by atoms with Gasteiger partial charge in [-0.2, -0.15) is 0 Å². The van der Waals surface area contributed by atoms with E-state index in [4.69, 9.17) is 5.73 Å². The maximum atomic E-state index is 5.98. The molecule has 0 radical (unpaired) electrons. The van der Waals surface area contributed by atoms with Crippen LogP contribution >= 0.6 is 27.3 Å². The van der Waals surface area contributed by atoms with E-state index in [2.05, 4.69) is 20.9 Å². The highest BCUT2D eigenvalue weighted by atomic mass is 79.9. The third-order valence-electron chi connectivity index (χ3n) is 3.00. The van der Waals surface area contributed by atoms with Crippen LogP contribution in [0.3, 0.4) is 0 Å². The molecule has 0 unspecified atom stereocenters. The van der Waals surface area contributed by atoms with Gasteiger partial charge in [-0.3, -0.25) is 0 Å². The first-order valence-corrected chi connectivity index (χ1v) is 5.64. The largest absolute Gasteiger partial charge is 0.325 e. The predicted octanol–water partition coefficient (Wildman–Crippen LogP) is 2.04. The first-order chi connectivity index (χ1) is 5.62. The first-order valence-electron chi connectivity index (χ1n) is 4.03. The van der Waals surface area contributed by atoms with Gasteiger partial charge < -0.3 is 5.73 Å². The van der Waals surface area contributed by atoms with Crippen LogP contribution in [0, 0.1) is 0 Å². The van der Waals surface area contributed by atoms with Gasteiger partial charge in [-0.1, -0.05) is 0 Å². The smallest absolute Gasteiger partial charge is 0.1000 e. The highest BCUT2D eigenvalue weighted by Gasteiger charge is 2.67. The summed E-state index contributed by atoms with van der Waals surface area (Å²) in [5.74, 6) is 0. The molecule has 0 aliphatic heterocycles. The fourth-order valence-corrected chi connectivity index (χ4v) is 3.98. The number of aromatic nitrogens is 1. The third-order valence-corrected chi connectivity index (χ3v) is 4.73. The topological polar surface area (TPSA) is 38.9 Å². The van der Waals surface area contributed by atoms with Crippen LogP contribution in [0.15, 0.2) is 9.98 Å². The molecule has 0 amide bonds. The number of thiazole rings is 1. The minimum absolute atomic E-state index is 0.193. The summed E-state index contributed by atoms with van der Waals surface area (Å²) < 4.78 is 1.13. The van der Waals surface area contributed by atoms with E-state index in [1.165, 1.54) is 5.01 Å². The third kappa shape index (κ3) is 0.757. The summed E-state index contributed by atoms with van der Waals surface area (Å²) in [6, 6.07) is 0. The summed E-state index contributed by atoms with van der Waals surface area (Å²) >= 11 is 5.19. The second-order valence-electron chi connectivity index (χ2n) is 4.14. The van der Waals surface area contributed by atoms with Crippen molar-refractivity contribution in [3.8, 4) is 0 Å². The van der Waals surface area contributed by atoms with E-state index in [9.17, 15) is 0 Å². The van der Waals surface area contributed by atoms with E-state index in [1.54, 1.807) is 11.3 Å². The summed E-state index contributed by atoms with van der Waals surface area (Å²) in [6.45, 7) is 0. The maximum Gasteiger partial charge on any atom is 0.1000 e.